The summed E-state index contributed by atoms with van der Waals surface area (Å²) >= 11 is 0. The topological polar surface area (TPSA) is 83.5 Å². The van der Waals surface area contributed by atoms with Crippen molar-refractivity contribution >= 4 is 25.7 Å². The average molecular weight is 411 g/mol. The summed E-state index contributed by atoms with van der Waals surface area (Å²) in [5.41, 5.74) is 1.93. The lowest BCUT2D eigenvalue weighted by atomic mass is 10.2. The minimum Gasteiger partial charge on any atom is -0.279 e. The van der Waals surface area contributed by atoms with Gasteiger partial charge in [0.05, 0.1) is 15.5 Å². The molecule has 0 heterocycles. The van der Waals surface area contributed by atoms with E-state index in [-0.39, 0.29) is 15.5 Å². The molecule has 0 bridgehead atoms. The molecule has 0 saturated heterocycles. The lowest BCUT2D eigenvalue weighted by Crippen LogP contribution is -2.30. The molecule has 2 aromatic rings. The highest BCUT2D eigenvalue weighted by atomic mass is 32.2. The number of nitrogens with zero attached hydrogens (tertiary/aromatic N) is 1. The van der Waals surface area contributed by atoms with Crippen LogP contribution in [0.4, 0.5) is 5.69 Å². The van der Waals surface area contributed by atoms with E-state index in [4.69, 9.17) is 0 Å². The maximum atomic E-state index is 12.7. The van der Waals surface area contributed by atoms with E-state index in [0.717, 1.165) is 12.0 Å². The van der Waals surface area contributed by atoms with Crippen LogP contribution in [0.5, 0.6) is 0 Å². The molecular formula is C19H26N2O4S2. The molecule has 27 heavy (non-hydrogen) atoms. The van der Waals surface area contributed by atoms with Crippen molar-refractivity contribution in [3.05, 3.63) is 53.6 Å². The van der Waals surface area contributed by atoms with Crippen molar-refractivity contribution in [2.75, 3.05) is 17.8 Å². The van der Waals surface area contributed by atoms with Crippen molar-refractivity contribution in [3.63, 3.8) is 0 Å². The van der Waals surface area contributed by atoms with E-state index in [1.54, 1.807) is 51.1 Å². The zero-order valence-electron chi connectivity index (χ0n) is 16.1. The summed E-state index contributed by atoms with van der Waals surface area (Å²) in [7, 11) is -7.48. The van der Waals surface area contributed by atoms with Crippen LogP contribution in [0.2, 0.25) is 0 Å². The van der Waals surface area contributed by atoms with E-state index in [9.17, 15) is 16.8 Å². The third-order valence-electron chi connectivity index (χ3n) is 4.44. The van der Waals surface area contributed by atoms with Crippen molar-refractivity contribution in [3.8, 4) is 0 Å². The summed E-state index contributed by atoms with van der Waals surface area (Å²) in [6.45, 7) is 7.94. The summed E-state index contributed by atoms with van der Waals surface area (Å²) < 4.78 is 54.7. The molecule has 0 aliphatic heterocycles. The molecule has 0 aliphatic carbocycles. The summed E-state index contributed by atoms with van der Waals surface area (Å²) in [6.07, 6.45) is 0.818. The maximum Gasteiger partial charge on any atom is 0.261 e. The standard InChI is InChI=1S/C19H26N2O4S2/c1-5-16-9-12-17(13-10-16)26(22,23)20-19-14-18(11-8-15(19)4)27(24,25)21(6-2)7-3/h8-14,20H,5-7H2,1-4H3. The first-order valence-corrected chi connectivity index (χ1v) is 11.8. The van der Waals surface area contributed by atoms with Gasteiger partial charge in [0.25, 0.3) is 10.0 Å². The second-order valence-electron chi connectivity index (χ2n) is 6.17. The first-order valence-electron chi connectivity index (χ1n) is 8.88. The van der Waals surface area contributed by atoms with Crippen molar-refractivity contribution in [2.45, 2.75) is 43.9 Å². The Kier molecular flexibility index (Phi) is 6.67. The third kappa shape index (κ3) is 4.69. The average Bonchev–Trinajstić information content (AvgIpc) is 2.64. The van der Waals surface area contributed by atoms with Crippen LogP contribution in [-0.4, -0.2) is 34.2 Å². The quantitative estimate of drug-likeness (QED) is 0.723. The van der Waals surface area contributed by atoms with Gasteiger partial charge in [-0.2, -0.15) is 4.31 Å². The van der Waals surface area contributed by atoms with Gasteiger partial charge in [0.2, 0.25) is 10.0 Å². The summed E-state index contributed by atoms with van der Waals surface area (Å²) in [4.78, 5) is 0.201. The molecule has 148 valence electrons. The van der Waals surface area contributed by atoms with Crippen LogP contribution in [-0.2, 0) is 26.5 Å². The SMILES string of the molecule is CCc1ccc(S(=O)(=O)Nc2cc(S(=O)(=O)N(CC)CC)ccc2C)cc1. The predicted octanol–water partition coefficient (Wildman–Crippen LogP) is 3.39. The second-order valence-corrected chi connectivity index (χ2v) is 9.79. The molecule has 0 saturated carbocycles. The van der Waals surface area contributed by atoms with E-state index in [1.807, 2.05) is 6.92 Å². The third-order valence-corrected chi connectivity index (χ3v) is 7.87. The summed E-state index contributed by atoms with van der Waals surface area (Å²) in [6, 6.07) is 11.1. The highest BCUT2D eigenvalue weighted by Crippen LogP contribution is 2.25. The lowest BCUT2D eigenvalue weighted by Gasteiger charge is -2.19. The number of nitrogens with one attached hydrogen (secondary N) is 1. The Morgan fingerprint density at radius 1 is 0.852 bits per heavy atom. The molecule has 8 heteroatoms. The normalized spacial score (nSPS) is 12.3. The summed E-state index contributed by atoms with van der Waals surface area (Å²) in [5.74, 6) is 0. The van der Waals surface area contributed by atoms with Gasteiger partial charge in [-0.25, -0.2) is 16.8 Å². The Morgan fingerprint density at radius 2 is 1.41 bits per heavy atom. The zero-order valence-corrected chi connectivity index (χ0v) is 17.7. The molecule has 2 rings (SSSR count). The number of rotatable bonds is 8. The first kappa shape index (κ1) is 21.4. The molecule has 0 spiro atoms. The first-order chi connectivity index (χ1) is 12.7. The van der Waals surface area contributed by atoms with Crippen molar-refractivity contribution < 1.29 is 16.8 Å². The van der Waals surface area contributed by atoms with Crippen molar-refractivity contribution in [1.29, 1.82) is 0 Å². The molecule has 0 radical (unpaired) electrons. The maximum absolute atomic E-state index is 12.7. The van der Waals surface area contributed by atoms with E-state index in [0.29, 0.717) is 18.7 Å². The second kappa shape index (κ2) is 8.41. The van der Waals surface area contributed by atoms with Crippen molar-refractivity contribution in [2.24, 2.45) is 0 Å². The van der Waals surface area contributed by atoms with Gasteiger partial charge >= 0.3 is 0 Å². The Morgan fingerprint density at radius 3 is 1.93 bits per heavy atom. The van der Waals surface area contributed by atoms with Crippen LogP contribution in [0.3, 0.4) is 0 Å². The molecule has 0 amide bonds. The fourth-order valence-corrected chi connectivity index (χ4v) is 5.30. The van der Waals surface area contributed by atoms with Crippen LogP contribution in [0, 0.1) is 6.92 Å². The van der Waals surface area contributed by atoms with Crippen LogP contribution < -0.4 is 4.72 Å². The number of aryl methyl sites for hydroxylation is 2. The van der Waals surface area contributed by atoms with Crippen LogP contribution >= 0.6 is 0 Å². The molecule has 6 nitrogen and oxygen atoms in total. The fourth-order valence-electron chi connectivity index (χ4n) is 2.69. The molecule has 1 N–H and O–H groups in total. The Balaban J connectivity index is 2.41. The fraction of sp³-hybridized carbons (Fsp3) is 0.368. The van der Waals surface area contributed by atoms with E-state index >= 15 is 0 Å². The molecular weight excluding hydrogens is 384 g/mol. The summed E-state index contributed by atoms with van der Waals surface area (Å²) in [5, 5.41) is 0. The van der Waals surface area contributed by atoms with Gasteiger partial charge in [-0.3, -0.25) is 4.72 Å². The van der Waals surface area contributed by atoms with Gasteiger partial charge < -0.3 is 0 Å². The van der Waals surface area contributed by atoms with Gasteiger partial charge in [-0.1, -0.05) is 39.0 Å². The predicted molar refractivity (Wildman–Crippen MR) is 108 cm³/mol. The number of hydrogen-bond donors (Lipinski definition) is 1. The van der Waals surface area contributed by atoms with E-state index in [2.05, 4.69) is 4.72 Å². The van der Waals surface area contributed by atoms with Crippen LogP contribution in [0.25, 0.3) is 0 Å². The van der Waals surface area contributed by atoms with Gasteiger partial charge in [0, 0.05) is 13.1 Å². The Hall–Kier alpha value is -1.90. The van der Waals surface area contributed by atoms with Crippen molar-refractivity contribution in [1.82, 2.24) is 4.31 Å². The zero-order chi connectivity index (χ0) is 20.2. The molecule has 0 atom stereocenters. The van der Waals surface area contributed by atoms with Crippen LogP contribution in [0.15, 0.2) is 52.3 Å². The number of anilines is 1. The number of sulfonamides is 2. The molecule has 0 fully saturated rings. The number of benzene rings is 2. The molecule has 0 aliphatic rings. The van der Waals surface area contributed by atoms with Gasteiger partial charge in [0.15, 0.2) is 0 Å². The molecule has 0 aromatic heterocycles. The minimum atomic E-state index is -3.81. The number of hydrogen-bond acceptors (Lipinski definition) is 4. The minimum absolute atomic E-state index is 0.0656. The monoisotopic (exact) mass is 410 g/mol. The molecule has 2 aromatic carbocycles. The van der Waals surface area contributed by atoms with Gasteiger partial charge in [-0.05, 0) is 48.7 Å². The molecule has 0 unspecified atom stereocenters. The van der Waals surface area contributed by atoms with Gasteiger partial charge in [-0.15, -0.1) is 0 Å². The van der Waals surface area contributed by atoms with Crippen LogP contribution in [0.1, 0.15) is 31.9 Å². The van der Waals surface area contributed by atoms with E-state index < -0.39 is 20.0 Å². The highest BCUT2D eigenvalue weighted by molar-refractivity contribution is 7.92. The largest absolute Gasteiger partial charge is 0.279 e. The Bertz CT molecular complexity index is 995. The smallest absolute Gasteiger partial charge is 0.261 e. The lowest BCUT2D eigenvalue weighted by molar-refractivity contribution is 0.445. The van der Waals surface area contributed by atoms with E-state index in [1.165, 1.54) is 16.4 Å². The van der Waals surface area contributed by atoms with Gasteiger partial charge in [0.1, 0.15) is 0 Å². The Labute approximate surface area is 162 Å². The highest BCUT2D eigenvalue weighted by Gasteiger charge is 2.23.